The Kier molecular flexibility index (Phi) is 9.03. The number of ether oxygens (including phenoxy) is 2. The zero-order valence-electron chi connectivity index (χ0n) is 8.47. The van der Waals surface area contributed by atoms with Gasteiger partial charge in [-0.3, -0.25) is 4.79 Å². The predicted octanol–water partition coefficient (Wildman–Crippen LogP) is 0.566. The van der Waals surface area contributed by atoms with E-state index in [9.17, 15) is 4.79 Å². The van der Waals surface area contributed by atoms with Gasteiger partial charge in [0.2, 0.25) is 5.91 Å². The van der Waals surface area contributed by atoms with Gasteiger partial charge in [-0.05, 0) is 13.3 Å². The van der Waals surface area contributed by atoms with Crippen molar-refractivity contribution in [3.05, 3.63) is 0 Å². The van der Waals surface area contributed by atoms with Crippen LogP contribution in [0, 0.1) is 0 Å². The predicted molar refractivity (Wildman–Crippen MR) is 50.6 cm³/mol. The van der Waals surface area contributed by atoms with Crippen LogP contribution in [0.1, 0.15) is 19.8 Å². The topological polar surface area (TPSA) is 47.6 Å². The summed E-state index contributed by atoms with van der Waals surface area (Å²) in [5, 5.41) is 2.56. The molecule has 0 atom stereocenters. The van der Waals surface area contributed by atoms with Crippen molar-refractivity contribution in [2.45, 2.75) is 19.8 Å². The van der Waals surface area contributed by atoms with Gasteiger partial charge in [0.15, 0.2) is 0 Å². The van der Waals surface area contributed by atoms with Crippen LogP contribution >= 0.6 is 0 Å². The summed E-state index contributed by atoms with van der Waals surface area (Å²) in [4.78, 5) is 10.8. The van der Waals surface area contributed by atoms with E-state index in [1.165, 1.54) is 0 Å². The van der Waals surface area contributed by atoms with Crippen LogP contribution in [-0.4, -0.2) is 39.4 Å². The van der Waals surface area contributed by atoms with E-state index in [0.717, 1.165) is 13.0 Å². The molecule has 1 N–H and O–H groups in total. The number of amides is 1. The van der Waals surface area contributed by atoms with Crippen molar-refractivity contribution in [1.29, 1.82) is 0 Å². The Hall–Kier alpha value is -0.610. The quantitative estimate of drug-likeness (QED) is 0.568. The van der Waals surface area contributed by atoms with E-state index in [-0.39, 0.29) is 5.91 Å². The molecular weight excluding hydrogens is 170 g/mol. The lowest BCUT2D eigenvalue weighted by Crippen LogP contribution is -2.18. The molecule has 0 fully saturated rings. The van der Waals surface area contributed by atoms with Gasteiger partial charge < -0.3 is 14.8 Å². The summed E-state index contributed by atoms with van der Waals surface area (Å²) in [7, 11) is 1.64. The van der Waals surface area contributed by atoms with Gasteiger partial charge in [0, 0.05) is 26.7 Å². The minimum absolute atomic E-state index is 0.0633. The summed E-state index contributed by atoms with van der Waals surface area (Å²) >= 11 is 0. The van der Waals surface area contributed by atoms with E-state index in [4.69, 9.17) is 9.47 Å². The highest BCUT2D eigenvalue weighted by Crippen LogP contribution is 1.89. The van der Waals surface area contributed by atoms with Crippen LogP contribution < -0.4 is 5.32 Å². The van der Waals surface area contributed by atoms with Crippen LogP contribution in [0.25, 0.3) is 0 Å². The van der Waals surface area contributed by atoms with E-state index in [1.807, 2.05) is 6.92 Å². The van der Waals surface area contributed by atoms with Gasteiger partial charge in [0.05, 0.1) is 13.2 Å². The number of carbonyl (C=O) groups is 1. The summed E-state index contributed by atoms with van der Waals surface area (Å²) in [6, 6.07) is 0. The first-order valence-corrected chi connectivity index (χ1v) is 4.67. The third-order valence-electron chi connectivity index (χ3n) is 1.55. The molecule has 4 nitrogen and oxygen atoms in total. The standard InChI is InChI=1S/C9H19NO3/c1-3-12-7-8-13-6-4-5-9(11)10-2/h3-8H2,1-2H3,(H,10,11). The van der Waals surface area contributed by atoms with Crippen molar-refractivity contribution in [3.63, 3.8) is 0 Å². The number of rotatable bonds is 8. The number of hydrogen-bond donors (Lipinski definition) is 1. The molecular formula is C9H19NO3. The lowest BCUT2D eigenvalue weighted by molar-refractivity contribution is -0.120. The van der Waals surface area contributed by atoms with Crippen LogP contribution in [0.4, 0.5) is 0 Å². The fourth-order valence-corrected chi connectivity index (χ4v) is 0.824. The van der Waals surface area contributed by atoms with Gasteiger partial charge in [0.25, 0.3) is 0 Å². The lowest BCUT2D eigenvalue weighted by atomic mass is 10.3. The minimum Gasteiger partial charge on any atom is -0.379 e. The Bertz CT molecular complexity index is 128. The van der Waals surface area contributed by atoms with Gasteiger partial charge in [-0.1, -0.05) is 0 Å². The smallest absolute Gasteiger partial charge is 0.219 e. The first-order chi connectivity index (χ1) is 6.31. The van der Waals surface area contributed by atoms with Crippen LogP contribution in [-0.2, 0) is 14.3 Å². The van der Waals surface area contributed by atoms with Crippen LogP contribution in [0.2, 0.25) is 0 Å². The van der Waals surface area contributed by atoms with Crippen LogP contribution in [0.3, 0.4) is 0 Å². The summed E-state index contributed by atoms with van der Waals surface area (Å²) in [5.41, 5.74) is 0. The molecule has 0 aliphatic heterocycles. The molecule has 0 saturated heterocycles. The van der Waals surface area contributed by atoms with Crippen molar-refractivity contribution in [3.8, 4) is 0 Å². The Balaban J connectivity index is 2.95. The molecule has 4 heteroatoms. The largest absolute Gasteiger partial charge is 0.379 e. The van der Waals surface area contributed by atoms with E-state index in [0.29, 0.717) is 26.2 Å². The molecule has 0 heterocycles. The molecule has 78 valence electrons. The summed E-state index contributed by atoms with van der Waals surface area (Å²) in [6.07, 6.45) is 1.30. The molecule has 0 rings (SSSR count). The first-order valence-electron chi connectivity index (χ1n) is 4.67. The average molecular weight is 189 g/mol. The third kappa shape index (κ3) is 9.30. The maximum Gasteiger partial charge on any atom is 0.219 e. The van der Waals surface area contributed by atoms with Gasteiger partial charge >= 0.3 is 0 Å². The third-order valence-corrected chi connectivity index (χ3v) is 1.55. The van der Waals surface area contributed by atoms with Crippen molar-refractivity contribution < 1.29 is 14.3 Å². The number of hydrogen-bond acceptors (Lipinski definition) is 3. The highest BCUT2D eigenvalue weighted by atomic mass is 16.5. The van der Waals surface area contributed by atoms with Crippen molar-refractivity contribution >= 4 is 5.91 Å². The Labute approximate surface area is 79.6 Å². The van der Waals surface area contributed by atoms with Crippen LogP contribution in [0.5, 0.6) is 0 Å². The average Bonchev–Trinajstić information content (AvgIpc) is 2.16. The molecule has 0 radical (unpaired) electrons. The number of nitrogens with one attached hydrogen (secondary N) is 1. The summed E-state index contributed by atoms with van der Waals surface area (Å²) in [5.74, 6) is 0.0633. The molecule has 0 spiro atoms. The molecule has 0 aromatic rings. The zero-order chi connectivity index (χ0) is 9.94. The number of carbonyl (C=O) groups excluding carboxylic acids is 1. The van der Waals surface area contributed by atoms with Crippen molar-refractivity contribution in [2.24, 2.45) is 0 Å². The van der Waals surface area contributed by atoms with Gasteiger partial charge in [-0.15, -0.1) is 0 Å². The monoisotopic (exact) mass is 189 g/mol. The molecule has 0 saturated carbocycles. The van der Waals surface area contributed by atoms with E-state index in [2.05, 4.69) is 5.32 Å². The minimum atomic E-state index is 0.0633. The van der Waals surface area contributed by atoms with Crippen LogP contribution in [0.15, 0.2) is 0 Å². The lowest BCUT2D eigenvalue weighted by Gasteiger charge is -2.03. The molecule has 0 aromatic carbocycles. The molecule has 0 aromatic heterocycles. The second-order valence-electron chi connectivity index (χ2n) is 2.59. The van der Waals surface area contributed by atoms with E-state index in [1.54, 1.807) is 7.05 Å². The molecule has 13 heavy (non-hydrogen) atoms. The van der Waals surface area contributed by atoms with E-state index < -0.39 is 0 Å². The normalized spacial score (nSPS) is 10.0. The summed E-state index contributed by atoms with van der Waals surface area (Å²) < 4.78 is 10.3. The van der Waals surface area contributed by atoms with Gasteiger partial charge in [-0.2, -0.15) is 0 Å². The SMILES string of the molecule is CCOCCOCCCC(=O)NC. The zero-order valence-corrected chi connectivity index (χ0v) is 8.47. The maximum absolute atomic E-state index is 10.8. The van der Waals surface area contributed by atoms with E-state index >= 15 is 0 Å². The molecule has 1 amide bonds. The Morgan fingerprint density at radius 3 is 2.54 bits per heavy atom. The van der Waals surface area contributed by atoms with Gasteiger partial charge in [0.1, 0.15) is 0 Å². The molecule has 0 aliphatic rings. The van der Waals surface area contributed by atoms with Gasteiger partial charge in [-0.25, -0.2) is 0 Å². The second kappa shape index (κ2) is 9.48. The van der Waals surface area contributed by atoms with Crippen molar-refractivity contribution in [1.82, 2.24) is 5.32 Å². The molecule has 0 aliphatic carbocycles. The van der Waals surface area contributed by atoms with Crippen molar-refractivity contribution in [2.75, 3.05) is 33.5 Å². The molecule has 0 bridgehead atoms. The Morgan fingerprint density at radius 1 is 1.23 bits per heavy atom. The maximum atomic E-state index is 10.8. The summed E-state index contributed by atoms with van der Waals surface area (Å²) in [6.45, 7) is 4.55. The second-order valence-corrected chi connectivity index (χ2v) is 2.59. The Morgan fingerprint density at radius 2 is 1.92 bits per heavy atom. The highest BCUT2D eigenvalue weighted by molar-refractivity contribution is 5.75. The first kappa shape index (κ1) is 12.4. The molecule has 0 unspecified atom stereocenters. The fourth-order valence-electron chi connectivity index (χ4n) is 0.824. The highest BCUT2D eigenvalue weighted by Gasteiger charge is 1.96. The fraction of sp³-hybridized carbons (Fsp3) is 0.889.